The number of nitrogens with one attached hydrogen (secondary N) is 1. The first-order chi connectivity index (χ1) is 11.3. The van der Waals surface area contributed by atoms with E-state index in [0.717, 1.165) is 17.7 Å². The number of aliphatic hydroxyl groups is 1. The van der Waals surface area contributed by atoms with E-state index in [2.05, 4.69) is 5.32 Å². The van der Waals surface area contributed by atoms with E-state index in [-0.39, 0.29) is 12.2 Å². The molecule has 0 fully saturated rings. The zero-order valence-corrected chi connectivity index (χ0v) is 12.9. The van der Waals surface area contributed by atoms with Crippen LogP contribution in [0, 0.1) is 6.92 Å². The summed E-state index contributed by atoms with van der Waals surface area (Å²) in [5.41, 5.74) is 1.52. The Morgan fingerprint density at radius 3 is 2.62 bits per heavy atom. The molecule has 0 atom stereocenters. The summed E-state index contributed by atoms with van der Waals surface area (Å²) in [6, 6.07) is 9.86. The Kier molecular flexibility index (Phi) is 5.41. The quantitative estimate of drug-likeness (QED) is 0.825. The van der Waals surface area contributed by atoms with Crippen LogP contribution in [0.15, 0.2) is 48.5 Å². The van der Waals surface area contributed by atoms with Crippen LogP contribution in [0.4, 0.5) is 18.9 Å². The average molecular weight is 335 g/mol. The lowest BCUT2D eigenvalue weighted by Crippen LogP contribution is -2.09. The van der Waals surface area contributed by atoms with Crippen molar-refractivity contribution in [3.63, 3.8) is 0 Å². The average Bonchev–Trinajstić information content (AvgIpc) is 2.54. The number of hydrogen-bond donors (Lipinski definition) is 2. The number of hydrogen-bond acceptors (Lipinski definition) is 2. The van der Waals surface area contributed by atoms with Crippen molar-refractivity contribution in [2.75, 3.05) is 5.32 Å². The molecule has 2 rings (SSSR count). The first kappa shape index (κ1) is 17.7. The zero-order chi connectivity index (χ0) is 17.7. The highest BCUT2D eigenvalue weighted by atomic mass is 19.4. The van der Waals surface area contributed by atoms with Crippen LogP contribution >= 0.6 is 0 Å². The van der Waals surface area contributed by atoms with E-state index in [1.54, 1.807) is 25.1 Å². The van der Waals surface area contributed by atoms with E-state index in [0.29, 0.717) is 11.3 Å². The van der Waals surface area contributed by atoms with Crippen LogP contribution in [-0.4, -0.2) is 11.0 Å². The summed E-state index contributed by atoms with van der Waals surface area (Å²) in [7, 11) is 0. The minimum atomic E-state index is -4.42. The van der Waals surface area contributed by atoms with Gasteiger partial charge in [-0.05, 0) is 47.9 Å². The summed E-state index contributed by atoms with van der Waals surface area (Å²) >= 11 is 0. The summed E-state index contributed by atoms with van der Waals surface area (Å²) in [6.07, 6.45) is -1.94. The smallest absolute Gasteiger partial charge is 0.392 e. The van der Waals surface area contributed by atoms with Gasteiger partial charge in [-0.15, -0.1) is 0 Å². The van der Waals surface area contributed by atoms with Crippen LogP contribution in [0.25, 0.3) is 6.08 Å². The van der Waals surface area contributed by atoms with E-state index in [1.165, 1.54) is 24.3 Å². The molecule has 0 radical (unpaired) electrons. The molecule has 2 N–H and O–H groups in total. The van der Waals surface area contributed by atoms with Crippen LogP contribution in [-0.2, 0) is 17.6 Å². The third-order valence-corrected chi connectivity index (χ3v) is 3.38. The predicted octanol–water partition coefficient (Wildman–Crippen LogP) is 4.16. The Balaban J connectivity index is 2.11. The Morgan fingerprint density at radius 2 is 1.96 bits per heavy atom. The van der Waals surface area contributed by atoms with Gasteiger partial charge in [-0.3, -0.25) is 4.79 Å². The Morgan fingerprint density at radius 1 is 1.21 bits per heavy atom. The highest BCUT2D eigenvalue weighted by molar-refractivity contribution is 6.02. The Labute approximate surface area is 137 Å². The van der Waals surface area contributed by atoms with Gasteiger partial charge in [-0.1, -0.05) is 24.3 Å². The number of carbonyl (C=O) groups excluding carboxylic acids is 1. The summed E-state index contributed by atoms with van der Waals surface area (Å²) in [6.45, 7) is 1.65. The van der Waals surface area contributed by atoms with E-state index in [4.69, 9.17) is 5.11 Å². The largest absolute Gasteiger partial charge is 0.416 e. The second-order valence-electron chi connectivity index (χ2n) is 5.25. The summed E-state index contributed by atoms with van der Waals surface area (Å²) in [4.78, 5) is 11.9. The lowest BCUT2D eigenvalue weighted by molar-refractivity contribution is -0.137. The summed E-state index contributed by atoms with van der Waals surface area (Å²) < 4.78 is 37.9. The van der Waals surface area contributed by atoms with Gasteiger partial charge < -0.3 is 10.4 Å². The number of anilines is 1. The number of rotatable bonds is 4. The van der Waals surface area contributed by atoms with Gasteiger partial charge in [-0.25, -0.2) is 0 Å². The highest BCUT2D eigenvalue weighted by Gasteiger charge is 2.30. The van der Waals surface area contributed by atoms with Crippen LogP contribution in [0.5, 0.6) is 0 Å². The molecule has 0 aliphatic carbocycles. The summed E-state index contributed by atoms with van der Waals surface area (Å²) in [5.74, 6) is -0.467. The van der Waals surface area contributed by atoms with Crippen LogP contribution in [0.3, 0.4) is 0 Å². The molecule has 2 aromatic carbocycles. The molecule has 1 amide bonds. The normalized spacial score (nSPS) is 11.7. The van der Waals surface area contributed by atoms with Gasteiger partial charge in [0.25, 0.3) is 0 Å². The maximum absolute atomic E-state index is 12.6. The van der Waals surface area contributed by atoms with Crippen molar-refractivity contribution in [3.8, 4) is 0 Å². The molecule has 126 valence electrons. The molecule has 3 nitrogen and oxygen atoms in total. The fraction of sp³-hybridized carbons (Fsp3) is 0.167. The van der Waals surface area contributed by atoms with Gasteiger partial charge in [0.05, 0.1) is 12.2 Å². The van der Waals surface area contributed by atoms with E-state index >= 15 is 0 Å². The molecule has 0 aromatic heterocycles. The van der Waals surface area contributed by atoms with Crippen LogP contribution in [0.1, 0.15) is 22.3 Å². The predicted molar refractivity (Wildman–Crippen MR) is 86.2 cm³/mol. The Bertz CT molecular complexity index is 767. The molecular weight excluding hydrogens is 319 g/mol. The highest BCUT2D eigenvalue weighted by Crippen LogP contribution is 2.29. The molecule has 0 aliphatic heterocycles. The molecule has 0 bridgehead atoms. The summed E-state index contributed by atoms with van der Waals surface area (Å²) in [5, 5.41) is 11.8. The standard InChI is InChI=1S/C18H16F3NO2/c1-12-5-6-14(11-23)10-16(12)22-17(24)8-7-13-3-2-4-15(9-13)18(19,20)21/h2-10,23H,11H2,1H3,(H,22,24)/b8-7+. The number of benzene rings is 2. The third-order valence-electron chi connectivity index (χ3n) is 3.38. The van der Waals surface area contributed by atoms with Gasteiger partial charge >= 0.3 is 6.18 Å². The maximum Gasteiger partial charge on any atom is 0.416 e. The third kappa shape index (κ3) is 4.70. The van der Waals surface area contributed by atoms with E-state index in [1.807, 2.05) is 0 Å². The van der Waals surface area contributed by atoms with E-state index in [9.17, 15) is 18.0 Å². The Hall–Kier alpha value is -2.60. The number of alkyl halides is 3. The van der Waals surface area contributed by atoms with Crippen molar-refractivity contribution in [1.82, 2.24) is 0 Å². The molecular formula is C18H16F3NO2. The van der Waals surface area contributed by atoms with Crippen molar-refractivity contribution >= 4 is 17.7 Å². The SMILES string of the molecule is Cc1ccc(CO)cc1NC(=O)/C=C/c1cccc(C(F)(F)F)c1. The van der Waals surface area contributed by atoms with Crippen LogP contribution < -0.4 is 5.32 Å². The molecule has 24 heavy (non-hydrogen) atoms. The second kappa shape index (κ2) is 7.31. The van der Waals surface area contributed by atoms with Crippen molar-refractivity contribution in [2.24, 2.45) is 0 Å². The first-order valence-electron chi connectivity index (χ1n) is 7.16. The molecule has 0 saturated carbocycles. The van der Waals surface area contributed by atoms with Crippen LogP contribution in [0.2, 0.25) is 0 Å². The molecule has 6 heteroatoms. The van der Waals surface area contributed by atoms with E-state index < -0.39 is 17.6 Å². The molecule has 0 spiro atoms. The number of aryl methyl sites for hydroxylation is 1. The molecule has 0 aliphatic rings. The number of carbonyl (C=O) groups is 1. The molecule has 0 unspecified atom stereocenters. The number of amides is 1. The van der Waals surface area contributed by atoms with Crippen molar-refractivity contribution < 1.29 is 23.1 Å². The fourth-order valence-corrected chi connectivity index (χ4v) is 2.07. The first-order valence-corrected chi connectivity index (χ1v) is 7.16. The van der Waals surface area contributed by atoms with Gasteiger partial charge in [0.15, 0.2) is 0 Å². The van der Waals surface area contributed by atoms with Crippen molar-refractivity contribution in [3.05, 3.63) is 70.8 Å². The molecule has 0 heterocycles. The van der Waals surface area contributed by atoms with Gasteiger partial charge in [-0.2, -0.15) is 13.2 Å². The topological polar surface area (TPSA) is 49.3 Å². The van der Waals surface area contributed by atoms with Gasteiger partial charge in [0, 0.05) is 11.8 Å². The van der Waals surface area contributed by atoms with Crippen molar-refractivity contribution in [2.45, 2.75) is 19.7 Å². The number of halogens is 3. The minimum absolute atomic E-state index is 0.150. The lowest BCUT2D eigenvalue weighted by Gasteiger charge is -2.08. The fourth-order valence-electron chi connectivity index (χ4n) is 2.07. The molecule has 0 saturated heterocycles. The van der Waals surface area contributed by atoms with Gasteiger partial charge in [0.1, 0.15) is 0 Å². The maximum atomic E-state index is 12.6. The van der Waals surface area contributed by atoms with Gasteiger partial charge in [0.2, 0.25) is 5.91 Å². The number of aliphatic hydroxyl groups excluding tert-OH is 1. The zero-order valence-electron chi connectivity index (χ0n) is 12.9. The van der Waals surface area contributed by atoms with Crippen molar-refractivity contribution in [1.29, 1.82) is 0 Å². The second-order valence-corrected chi connectivity index (χ2v) is 5.25. The molecule has 2 aromatic rings. The monoisotopic (exact) mass is 335 g/mol. The minimum Gasteiger partial charge on any atom is -0.392 e. The lowest BCUT2D eigenvalue weighted by atomic mass is 10.1.